The minimum absolute atomic E-state index is 0.0835. The molecular formula is C15H12Cl2FNO. The maximum atomic E-state index is 13.2. The van der Waals surface area contributed by atoms with Gasteiger partial charge in [-0.1, -0.05) is 29.3 Å². The SMILES string of the molecule is Cc1ccc(F)cc1CC(=O)c1cc(Cl)c(N)c(Cl)c1. The molecule has 0 aliphatic carbocycles. The lowest BCUT2D eigenvalue weighted by Crippen LogP contribution is -2.06. The van der Waals surface area contributed by atoms with Gasteiger partial charge in [0.1, 0.15) is 5.82 Å². The highest BCUT2D eigenvalue weighted by Crippen LogP contribution is 2.29. The van der Waals surface area contributed by atoms with Crippen molar-refractivity contribution in [1.82, 2.24) is 0 Å². The first-order valence-corrected chi connectivity index (χ1v) is 6.67. The summed E-state index contributed by atoms with van der Waals surface area (Å²) in [6.07, 6.45) is 0.0835. The van der Waals surface area contributed by atoms with Crippen molar-refractivity contribution < 1.29 is 9.18 Å². The molecule has 2 rings (SSSR count). The maximum Gasteiger partial charge on any atom is 0.167 e. The number of benzene rings is 2. The number of halogens is 3. The molecule has 0 saturated heterocycles. The number of hydrogen-bond donors (Lipinski definition) is 1. The zero-order valence-electron chi connectivity index (χ0n) is 10.7. The number of nitrogens with two attached hydrogens (primary N) is 1. The van der Waals surface area contributed by atoms with E-state index < -0.39 is 0 Å². The van der Waals surface area contributed by atoms with Crippen molar-refractivity contribution in [2.75, 3.05) is 5.73 Å². The van der Waals surface area contributed by atoms with Crippen molar-refractivity contribution in [2.45, 2.75) is 13.3 Å². The second-order valence-corrected chi connectivity index (χ2v) is 5.34. The molecule has 104 valence electrons. The molecule has 0 heterocycles. The van der Waals surface area contributed by atoms with Crippen LogP contribution in [0.25, 0.3) is 0 Å². The molecule has 0 saturated carbocycles. The molecule has 2 aromatic carbocycles. The van der Waals surface area contributed by atoms with Gasteiger partial charge in [-0.05, 0) is 42.3 Å². The minimum Gasteiger partial charge on any atom is -0.396 e. The number of carbonyl (C=O) groups is 1. The molecule has 0 unspecified atom stereocenters. The number of nitrogen functional groups attached to an aromatic ring is 1. The van der Waals surface area contributed by atoms with E-state index in [1.165, 1.54) is 24.3 Å². The van der Waals surface area contributed by atoms with Crippen LogP contribution in [0.1, 0.15) is 21.5 Å². The average molecular weight is 312 g/mol. The standard InChI is InChI=1S/C15H12Cl2FNO/c1-8-2-3-11(18)4-9(8)7-14(20)10-5-12(16)15(19)13(17)6-10/h2-6H,7,19H2,1H3. The molecule has 0 spiro atoms. The summed E-state index contributed by atoms with van der Waals surface area (Å²) in [5.41, 5.74) is 7.72. The van der Waals surface area contributed by atoms with Crippen LogP contribution < -0.4 is 5.73 Å². The summed E-state index contributed by atoms with van der Waals surface area (Å²) in [5, 5.41) is 0.466. The topological polar surface area (TPSA) is 43.1 Å². The van der Waals surface area contributed by atoms with Crippen molar-refractivity contribution >= 4 is 34.7 Å². The summed E-state index contributed by atoms with van der Waals surface area (Å²) in [5.74, 6) is -0.561. The molecule has 0 atom stereocenters. The van der Waals surface area contributed by atoms with Gasteiger partial charge in [-0.2, -0.15) is 0 Å². The third-order valence-corrected chi connectivity index (χ3v) is 3.69. The zero-order chi connectivity index (χ0) is 14.9. The van der Waals surface area contributed by atoms with E-state index in [4.69, 9.17) is 28.9 Å². The molecule has 2 nitrogen and oxygen atoms in total. The molecule has 0 amide bonds. The van der Waals surface area contributed by atoms with E-state index in [2.05, 4.69) is 0 Å². The Morgan fingerprint density at radius 3 is 2.40 bits per heavy atom. The third kappa shape index (κ3) is 3.11. The van der Waals surface area contributed by atoms with Crippen LogP contribution in [0, 0.1) is 12.7 Å². The number of aryl methyl sites for hydroxylation is 1. The van der Waals surface area contributed by atoms with Gasteiger partial charge in [0.15, 0.2) is 5.78 Å². The molecule has 2 aromatic rings. The van der Waals surface area contributed by atoms with Crippen LogP contribution in [0.4, 0.5) is 10.1 Å². The lowest BCUT2D eigenvalue weighted by atomic mass is 9.99. The summed E-state index contributed by atoms with van der Waals surface area (Å²) < 4.78 is 13.2. The van der Waals surface area contributed by atoms with Crippen molar-refractivity contribution in [1.29, 1.82) is 0 Å². The van der Waals surface area contributed by atoms with E-state index in [9.17, 15) is 9.18 Å². The zero-order valence-corrected chi connectivity index (χ0v) is 12.2. The third-order valence-electron chi connectivity index (χ3n) is 3.06. The number of ketones is 1. The fourth-order valence-corrected chi connectivity index (χ4v) is 2.34. The van der Waals surface area contributed by atoms with Crippen LogP contribution in [0.2, 0.25) is 10.0 Å². The first kappa shape index (κ1) is 14.8. The number of Topliss-reactive ketones (excluding diaryl/α,β-unsaturated/α-hetero) is 1. The predicted molar refractivity (Wildman–Crippen MR) is 80.0 cm³/mol. The van der Waals surface area contributed by atoms with Gasteiger partial charge in [0.25, 0.3) is 0 Å². The summed E-state index contributed by atoms with van der Waals surface area (Å²) in [6, 6.07) is 7.30. The van der Waals surface area contributed by atoms with E-state index in [1.54, 1.807) is 6.07 Å². The lowest BCUT2D eigenvalue weighted by Gasteiger charge is -2.08. The second-order valence-electron chi connectivity index (χ2n) is 4.52. The number of carbonyl (C=O) groups excluding carboxylic acids is 1. The summed E-state index contributed by atoms with van der Waals surface area (Å²) in [4.78, 5) is 12.2. The van der Waals surface area contributed by atoms with Gasteiger partial charge >= 0.3 is 0 Å². The molecule has 20 heavy (non-hydrogen) atoms. The van der Waals surface area contributed by atoms with Crippen molar-refractivity contribution in [3.05, 3.63) is 62.9 Å². The molecule has 0 aliphatic rings. The van der Waals surface area contributed by atoms with Crippen LogP contribution in [0.3, 0.4) is 0 Å². The Bertz CT molecular complexity index is 663. The van der Waals surface area contributed by atoms with Crippen molar-refractivity contribution in [3.63, 3.8) is 0 Å². The summed E-state index contributed by atoms with van der Waals surface area (Å²) >= 11 is 11.8. The van der Waals surface area contributed by atoms with Crippen molar-refractivity contribution in [3.8, 4) is 0 Å². The van der Waals surface area contributed by atoms with Crippen LogP contribution in [0.5, 0.6) is 0 Å². The molecule has 5 heteroatoms. The Kier molecular flexibility index (Phi) is 4.31. The van der Waals surface area contributed by atoms with Crippen LogP contribution >= 0.6 is 23.2 Å². The smallest absolute Gasteiger partial charge is 0.167 e. The van der Waals surface area contributed by atoms with E-state index >= 15 is 0 Å². The largest absolute Gasteiger partial charge is 0.396 e. The summed E-state index contributed by atoms with van der Waals surface area (Å²) in [6.45, 7) is 1.82. The Hall–Kier alpha value is -1.58. The van der Waals surface area contributed by atoms with Crippen molar-refractivity contribution in [2.24, 2.45) is 0 Å². The molecule has 0 fully saturated rings. The minimum atomic E-state index is -0.369. The van der Waals surface area contributed by atoms with Gasteiger partial charge in [-0.15, -0.1) is 0 Å². The highest BCUT2D eigenvalue weighted by Gasteiger charge is 2.13. The molecule has 0 aromatic heterocycles. The monoisotopic (exact) mass is 311 g/mol. The van der Waals surface area contributed by atoms with Gasteiger partial charge < -0.3 is 5.73 Å². The highest BCUT2D eigenvalue weighted by molar-refractivity contribution is 6.39. The Morgan fingerprint density at radius 2 is 1.80 bits per heavy atom. The summed E-state index contributed by atoms with van der Waals surface area (Å²) in [7, 11) is 0. The number of rotatable bonds is 3. The lowest BCUT2D eigenvalue weighted by molar-refractivity contribution is 0.0993. The van der Waals surface area contributed by atoms with E-state index in [0.717, 1.165) is 5.56 Å². The second kappa shape index (κ2) is 5.81. The maximum absolute atomic E-state index is 13.2. The van der Waals surface area contributed by atoms with Crippen LogP contribution in [0.15, 0.2) is 30.3 Å². The first-order valence-electron chi connectivity index (χ1n) is 5.91. The Labute approximate surface area is 126 Å². The fraction of sp³-hybridized carbons (Fsp3) is 0.133. The molecule has 2 N–H and O–H groups in total. The molecular weight excluding hydrogens is 300 g/mol. The first-order chi connectivity index (χ1) is 9.38. The normalized spacial score (nSPS) is 10.6. The van der Waals surface area contributed by atoms with Gasteiger partial charge in [-0.3, -0.25) is 4.79 Å². The molecule has 0 bridgehead atoms. The quantitative estimate of drug-likeness (QED) is 0.672. The van der Waals surface area contributed by atoms with E-state index in [-0.39, 0.29) is 33.8 Å². The number of hydrogen-bond acceptors (Lipinski definition) is 2. The molecule has 0 aliphatic heterocycles. The van der Waals surface area contributed by atoms with Gasteiger partial charge in [0.05, 0.1) is 15.7 Å². The van der Waals surface area contributed by atoms with Gasteiger partial charge in [-0.25, -0.2) is 4.39 Å². The average Bonchev–Trinajstić information content (AvgIpc) is 2.39. The van der Waals surface area contributed by atoms with E-state index in [1.807, 2.05) is 6.92 Å². The van der Waals surface area contributed by atoms with Crippen LogP contribution in [-0.2, 0) is 6.42 Å². The predicted octanol–water partition coefficient (Wildman–Crippen LogP) is 4.45. The van der Waals surface area contributed by atoms with Gasteiger partial charge in [0, 0.05) is 12.0 Å². The highest BCUT2D eigenvalue weighted by atomic mass is 35.5. The molecule has 0 radical (unpaired) electrons. The number of anilines is 1. The van der Waals surface area contributed by atoms with Gasteiger partial charge in [0.2, 0.25) is 0 Å². The van der Waals surface area contributed by atoms with E-state index in [0.29, 0.717) is 11.1 Å². The Morgan fingerprint density at radius 1 is 1.20 bits per heavy atom. The fourth-order valence-electron chi connectivity index (χ4n) is 1.85. The Balaban J connectivity index is 2.31. The van der Waals surface area contributed by atoms with Crippen LogP contribution in [-0.4, -0.2) is 5.78 Å².